The lowest BCUT2D eigenvalue weighted by Crippen LogP contribution is -2.11. The predicted octanol–water partition coefficient (Wildman–Crippen LogP) is 2.78. The third kappa shape index (κ3) is 6.60. The molecule has 5 heteroatoms. The van der Waals surface area contributed by atoms with Gasteiger partial charge in [0.15, 0.2) is 0 Å². The Morgan fingerprint density at radius 3 is 2.75 bits per heavy atom. The van der Waals surface area contributed by atoms with Crippen LogP contribution in [-0.2, 0) is 4.79 Å². The Morgan fingerprint density at radius 2 is 2.15 bits per heavy atom. The largest absolute Gasteiger partial charge is 0.396 e. The highest BCUT2D eigenvalue weighted by atomic mass is 32.2. The van der Waals surface area contributed by atoms with Gasteiger partial charge in [0.25, 0.3) is 0 Å². The van der Waals surface area contributed by atoms with Crippen molar-refractivity contribution in [1.29, 1.82) is 5.26 Å². The van der Waals surface area contributed by atoms with Crippen LogP contribution in [0.5, 0.6) is 0 Å². The summed E-state index contributed by atoms with van der Waals surface area (Å²) in [6, 6.07) is 8.86. The fourth-order valence-corrected chi connectivity index (χ4v) is 2.62. The molecule has 0 aromatic heterocycles. The van der Waals surface area contributed by atoms with Gasteiger partial charge in [-0.2, -0.15) is 17.0 Å². The van der Waals surface area contributed by atoms with Crippen molar-refractivity contribution >= 4 is 23.4 Å². The van der Waals surface area contributed by atoms with Gasteiger partial charge < -0.3 is 10.4 Å². The van der Waals surface area contributed by atoms with Crippen LogP contribution in [0, 0.1) is 11.3 Å². The van der Waals surface area contributed by atoms with Gasteiger partial charge >= 0.3 is 0 Å². The molecule has 0 spiro atoms. The summed E-state index contributed by atoms with van der Waals surface area (Å²) in [4.78, 5) is 11.7. The third-order valence-corrected chi connectivity index (χ3v) is 4.11. The van der Waals surface area contributed by atoms with E-state index in [9.17, 15) is 4.79 Å². The number of rotatable bonds is 8. The number of carbonyl (C=O) groups is 1. The molecule has 0 heterocycles. The topological polar surface area (TPSA) is 73.1 Å². The Hall–Kier alpha value is -1.51. The highest BCUT2D eigenvalue weighted by Crippen LogP contribution is 2.16. The number of amides is 1. The Bertz CT molecular complexity index is 454. The standard InChI is InChI=1S/C15H20N2O2S/c1-12(8-9-18)20-10-2-3-15(19)17-14-6-4-13(11-16)5-7-14/h4-7,12,18H,2-3,8-10H2,1H3,(H,17,19). The fraction of sp³-hybridized carbons (Fsp3) is 0.467. The van der Waals surface area contributed by atoms with Gasteiger partial charge in [-0.05, 0) is 42.9 Å². The van der Waals surface area contributed by atoms with E-state index in [2.05, 4.69) is 12.2 Å². The second-order valence-corrected chi connectivity index (χ2v) is 6.08. The molecule has 0 aliphatic heterocycles. The van der Waals surface area contributed by atoms with Crippen molar-refractivity contribution in [2.24, 2.45) is 0 Å². The van der Waals surface area contributed by atoms with Crippen molar-refractivity contribution in [3.8, 4) is 6.07 Å². The van der Waals surface area contributed by atoms with Gasteiger partial charge in [-0.25, -0.2) is 0 Å². The van der Waals surface area contributed by atoms with Crippen LogP contribution in [0.1, 0.15) is 31.7 Å². The van der Waals surface area contributed by atoms with Crippen molar-refractivity contribution < 1.29 is 9.90 Å². The maximum Gasteiger partial charge on any atom is 0.224 e. The average Bonchev–Trinajstić information content (AvgIpc) is 2.45. The summed E-state index contributed by atoms with van der Waals surface area (Å²) in [5.41, 5.74) is 1.30. The van der Waals surface area contributed by atoms with Gasteiger partial charge in [0.05, 0.1) is 11.6 Å². The SMILES string of the molecule is CC(CCO)SCCCC(=O)Nc1ccc(C#N)cc1. The molecule has 0 fully saturated rings. The number of nitrogens with zero attached hydrogens (tertiary/aromatic N) is 1. The van der Waals surface area contributed by atoms with Crippen LogP contribution in [0.15, 0.2) is 24.3 Å². The van der Waals surface area contributed by atoms with Crippen LogP contribution in [0.3, 0.4) is 0 Å². The van der Waals surface area contributed by atoms with Gasteiger partial charge in [0.1, 0.15) is 0 Å². The van der Waals surface area contributed by atoms with Gasteiger partial charge in [-0.15, -0.1) is 0 Å². The third-order valence-electron chi connectivity index (χ3n) is 2.78. The lowest BCUT2D eigenvalue weighted by molar-refractivity contribution is -0.116. The van der Waals surface area contributed by atoms with Crippen LogP contribution >= 0.6 is 11.8 Å². The summed E-state index contributed by atoms with van der Waals surface area (Å²) in [6.07, 6.45) is 2.10. The summed E-state index contributed by atoms with van der Waals surface area (Å²) < 4.78 is 0. The Kier molecular flexibility index (Phi) is 7.78. The molecule has 1 unspecified atom stereocenters. The maximum absolute atomic E-state index is 11.7. The number of nitrogens with one attached hydrogen (secondary N) is 1. The number of carbonyl (C=O) groups excluding carboxylic acids is 1. The van der Waals surface area contributed by atoms with E-state index < -0.39 is 0 Å². The molecule has 1 aromatic carbocycles. The van der Waals surface area contributed by atoms with Crippen LogP contribution in [0.4, 0.5) is 5.69 Å². The van der Waals surface area contributed by atoms with E-state index in [1.165, 1.54) is 0 Å². The molecule has 1 atom stereocenters. The van der Waals surface area contributed by atoms with Gasteiger partial charge in [-0.3, -0.25) is 4.79 Å². The molecule has 0 saturated heterocycles. The monoisotopic (exact) mass is 292 g/mol. The van der Waals surface area contributed by atoms with Crippen molar-refractivity contribution in [2.75, 3.05) is 17.7 Å². The summed E-state index contributed by atoms with van der Waals surface area (Å²) >= 11 is 1.78. The predicted molar refractivity (Wildman–Crippen MR) is 82.6 cm³/mol. The number of aliphatic hydroxyl groups is 1. The molecule has 1 rings (SSSR count). The molecule has 1 aromatic rings. The summed E-state index contributed by atoms with van der Waals surface area (Å²) in [7, 11) is 0. The molecule has 0 radical (unpaired) electrons. The molecule has 1 amide bonds. The zero-order valence-electron chi connectivity index (χ0n) is 11.6. The smallest absolute Gasteiger partial charge is 0.224 e. The minimum Gasteiger partial charge on any atom is -0.396 e. The van der Waals surface area contributed by atoms with Crippen LogP contribution < -0.4 is 5.32 Å². The first-order valence-corrected chi connectivity index (χ1v) is 7.73. The van der Waals surface area contributed by atoms with E-state index in [1.807, 2.05) is 6.07 Å². The zero-order valence-corrected chi connectivity index (χ0v) is 12.4. The molecule has 20 heavy (non-hydrogen) atoms. The fourth-order valence-electron chi connectivity index (χ4n) is 1.63. The summed E-state index contributed by atoms with van der Waals surface area (Å²) in [6.45, 7) is 2.30. The number of nitriles is 1. The number of thioether (sulfide) groups is 1. The van der Waals surface area contributed by atoms with E-state index in [-0.39, 0.29) is 12.5 Å². The molecule has 0 aliphatic carbocycles. The number of hydrogen-bond donors (Lipinski definition) is 2. The first-order chi connectivity index (χ1) is 9.65. The quantitative estimate of drug-likeness (QED) is 0.723. The molecule has 0 saturated carbocycles. The van der Waals surface area contributed by atoms with E-state index in [0.717, 1.165) is 24.3 Å². The first-order valence-electron chi connectivity index (χ1n) is 6.68. The lowest BCUT2D eigenvalue weighted by atomic mass is 10.2. The van der Waals surface area contributed by atoms with Crippen molar-refractivity contribution in [1.82, 2.24) is 0 Å². The van der Waals surface area contributed by atoms with Crippen molar-refractivity contribution in [3.05, 3.63) is 29.8 Å². The zero-order chi connectivity index (χ0) is 14.8. The molecular weight excluding hydrogens is 272 g/mol. The number of aliphatic hydroxyl groups excluding tert-OH is 1. The molecule has 0 aliphatic rings. The van der Waals surface area contributed by atoms with Crippen LogP contribution in [0.2, 0.25) is 0 Å². The normalized spacial score (nSPS) is 11.7. The minimum atomic E-state index is -0.00915. The lowest BCUT2D eigenvalue weighted by Gasteiger charge is -2.09. The second-order valence-electron chi connectivity index (χ2n) is 4.53. The summed E-state index contributed by atoms with van der Waals surface area (Å²) in [5.74, 6) is 0.909. The van der Waals surface area contributed by atoms with Gasteiger partial charge in [-0.1, -0.05) is 6.92 Å². The molecule has 0 bridgehead atoms. The van der Waals surface area contributed by atoms with E-state index in [1.54, 1.807) is 36.0 Å². The van der Waals surface area contributed by atoms with E-state index in [0.29, 0.717) is 17.2 Å². The molecule has 4 nitrogen and oxygen atoms in total. The molecular formula is C15H20N2O2S. The highest BCUT2D eigenvalue weighted by Gasteiger charge is 2.05. The Morgan fingerprint density at radius 1 is 1.45 bits per heavy atom. The minimum absolute atomic E-state index is 0.00915. The Labute approximate surface area is 124 Å². The van der Waals surface area contributed by atoms with Crippen LogP contribution in [0.25, 0.3) is 0 Å². The maximum atomic E-state index is 11.7. The Balaban J connectivity index is 2.21. The van der Waals surface area contributed by atoms with Gasteiger partial charge in [0, 0.05) is 24.0 Å². The number of hydrogen-bond acceptors (Lipinski definition) is 4. The second kappa shape index (κ2) is 9.40. The summed E-state index contributed by atoms with van der Waals surface area (Å²) in [5, 5.41) is 20.7. The van der Waals surface area contributed by atoms with Crippen molar-refractivity contribution in [3.63, 3.8) is 0 Å². The van der Waals surface area contributed by atoms with E-state index >= 15 is 0 Å². The van der Waals surface area contributed by atoms with Gasteiger partial charge in [0.2, 0.25) is 5.91 Å². The highest BCUT2D eigenvalue weighted by molar-refractivity contribution is 7.99. The average molecular weight is 292 g/mol. The van der Waals surface area contributed by atoms with Crippen molar-refractivity contribution in [2.45, 2.75) is 31.4 Å². The number of benzene rings is 1. The van der Waals surface area contributed by atoms with Crippen LogP contribution in [-0.4, -0.2) is 28.6 Å². The molecule has 2 N–H and O–H groups in total. The first kappa shape index (κ1) is 16.5. The molecule has 108 valence electrons. The number of anilines is 1. The van der Waals surface area contributed by atoms with E-state index in [4.69, 9.17) is 10.4 Å².